The molecule has 0 spiro atoms. The zero-order chi connectivity index (χ0) is 28.2. The minimum absolute atomic E-state index is 0.00206. The highest BCUT2D eigenvalue weighted by molar-refractivity contribution is 5.70. The third-order valence-corrected chi connectivity index (χ3v) is 7.69. The van der Waals surface area contributed by atoms with Crippen LogP contribution in [-0.2, 0) is 24.2 Å². The average molecular weight is 537 g/mol. The van der Waals surface area contributed by atoms with Gasteiger partial charge in [-0.15, -0.1) is 0 Å². The molecule has 3 aromatic rings. The smallest absolute Gasteiger partial charge is 0.303 e. The zero-order valence-electron chi connectivity index (χ0n) is 23.3. The fraction of sp³-hybridized carbons (Fsp3) is 0.424. The summed E-state index contributed by atoms with van der Waals surface area (Å²) in [6.45, 7) is 6.72. The van der Waals surface area contributed by atoms with Crippen molar-refractivity contribution in [2.75, 3.05) is 7.11 Å². The molecule has 1 aliphatic rings. The Hall–Kier alpha value is -3.41. The Morgan fingerprint density at radius 3 is 2.59 bits per heavy atom. The maximum absolute atomic E-state index is 15.6. The number of methoxy groups -OCH3 is 1. The molecule has 1 aliphatic carbocycles. The summed E-state index contributed by atoms with van der Waals surface area (Å²) in [4.78, 5) is 11.4. The number of aliphatic carboxylic acids is 1. The first-order valence-electron chi connectivity index (χ1n) is 13.7. The normalized spacial score (nSPS) is 15.1. The van der Waals surface area contributed by atoms with Crippen LogP contribution in [0.4, 0.5) is 8.78 Å². The lowest BCUT2D eigenvalue weighted by Crippen LogP contribution is -2.16. The molecule has 0 saturated carbocycles. The van der Waals surface area contributed by atoms with Gasteiger partial charge in [0.25, 0.3) is 0 Å². The Bertz CT molecular complexity index is 1330. The molecule has 0 amide bonds. The molecule has 0 heterocycles. The van der Waals surface area contributed by atoms with Crippen LogP contribution in [0.1, 0.15) is 81.0 Å². The van der Waals surface area contributed by atoms with Crippen molar-refractivity contribution in [3.63, 3.8) is 0 Å². The second kappa shape index (κ2) is 12.2. The molecule has 0 aromatic heterocycles. The van der Waals surface area contributed by atoms with E-state index in [2.05, 4.69) is 20.8 Å². The molecule has 0 saturated heterocycles. The number of hydrogen-bond donors (Lipinski definition) is 1. The predicted molar refractivity (Wildman–Crippen MR) is 149 cm³/mol. The van der Waals surface area contributed by atoms with Gasteiger partial charge in [0.2, 0.25) is 0 Å². The Morgan fingerprint density at radius 1 is 1.08 bits per heavy atom. The average Bonchev–Trinajstić information content (AvgIpc) is 2.88. The molecule has 0 bridgehead atoms. The summed E-state index contributed by atoms with van der Waals surface area (Å²) in [5.74, 6) is -1.34. The molecule has 4 nitrogen and oxygen atoms in total. The minimum atomic E-state index is -0.926. The van der Waals surface area contributed by atoms with Crippen LogP contribution >= 0.6 is 0 Å². The van der Waals surface area contributed by atoms with Crippen molar-refractivity contribution in [2.24, 2.45) is 5.41 Å². The summed E-state index contributed by atoms with van der Waals surface area (Å²) < 4.78 is 41.8. The van der Waals surface area contributed by atoms with Gasteiger partial charge in [-0.2, -0.15) is 0 Å². The van der Waals surface area contributed by atoms with E-state index in [0.717, 1.165) is 54.4 Å². The summed E-state index contributed by atoms with van der Waals surface area (Å²) >= 11 is 0. The summed E-state index contributed by atoms with van der Waals surface area (Å²) in [6.07, 6.45) is 4.95. The number of carboxylic acids is 1. The standard InChI is InChI=1S/C33H38F2O4/c1-5-15-33(2,3)19-24-16-21(9-12-26(24)27-18-25(38-4)11-13-28(27)34)20-39-29-14-10-22-7-6-8-23(17-30(36)37)31(22)32(29)35/h9-14,16,18,23H,5-8,15,17,19-20H2,1-4H3,(H,36,37). The number of halogens is 2. The van der Waals surface area contributed by atoms with Crippen LogP contribution in [0.3, 0.4) is 0 Å². The fourth-order valence-electron chi connectivity index (χ4n) is 5.91. The second-order valence-corrected chi connectivity index (χ2v) is 11.4. The van der Waals surface area contributed by atoms with E-state index in [9.17, 15) is 14.3 Å². The van der Waals surface area contributed by atoms with E-state index in [1.165, 1.54) is 6.07 Å². The molecule has 208 valence electrons. The number of ether oxygens (including phenoxy) is 2. The number of rotatable bonds is 11. The number of carboxylic acid groups (broad SMARTS) is 1. The Balaban J connectivity index is 1.65. The highest BCUT2D eigenvalue weighted by Crippen LogP contribution is 2.40. The number of fused-ring (bicyclic) bond motifs is 1. The van der Waals surface area contributed by atoms with Crippen LogP contribution in [0.2, 0.25) is 0 Å². The first kappa shape index (κ1) is 28.6. The lowest BCUT2D eigenvalue weighted by Gasteiger charge is -2.26. The van der Waals surface area contributed by atoms with Gasteiger partial charge < -0.3 is 14.6 Å². The summed E-state index contributed by atoms with van der Waals surface area (Å²) in [5.41, 5.74) is 4.47. The second-order valence-electron chi connectivity index (χ2n) is 11.4. The molecule has 0 fully saturated rings. The van der Waals surface area contributed by atoms with Crippen LogP contribution in [0.25, 0.3) is 11.1 Å². The summed E-state index contributed by atoms with van der Waals surface area (Å²) in [6, 6.07) is 14.0. The predicted octanol–water partition coefficient (Wildman–Crippen LogP) is 8.48. The third kappa shape index (κ3) is 6.78. The van der Waals surface area contributed by atoms with Gasteiger partial charge in [-0.05, 0) is 95.5 Å². The van der Waals surface area contributed by atoms with Gasteiger partial charge >= 0.3 is 5.97 Å². The third-order valence-electron chi connectivity index (χ3n) is 7.69. The maximum Gasteiger partial charge on any atom is 0.303 e. The van der Waals surface area contributed by atoms with Gasteiger partial charge in [-0.3, -0.25) is 4.79 Å². The Kier molecular flexibility index (Phi) is 8.94. The Morgan fingerprint density at radius 2 is 1.87 bits per heavy atom. The number of aryl methyl sites for hydroxylation is 1. The van der Waals surface area contributed by atoms with E-state index in [1.807, 2.05) is 24.3 Å². The lowest BCUT2D eigenvalue weighted by atomic mass is 9.79. The first-order valence-corrected chi connectivity index (χ1v) is 13.7. The topological polar surface area (TPSA) is 55.8 Å². The van der Waals surface area contributed by atoms with Crippen LogP contribution in [-0.4, -0.2) is 18.2 Å². The van der Waals surface area contributed by atoms with Gasteiger partial charge in [0.15, 0.2) is 11.6 Å². The fourth-order valence-corrected chi connectivity index (χ4v) is 5.91. The van der Waals surface area contributed by atoms with Crippen LogP contribution < -0.4 is 9.47 Å². The van der Waals surface area contributed by atoms with E-state index in [4.69, 9.17) is 9.47 Å². The van der Waals surface area contributed by atoms with Crippen molar-refractivity contribution in [3.05, 3.63) is 82.4 Å². The Labute approximate surface area is 230 Å². The molecule has 39 heavy (non-hydrogen) atoms. The maximum atomic E-state index is 15.6. The van der Waals surface area contributed by atoms with Crippen LogP contribution in [0.15, 0.2) is 48.5 Å². The molecular formula is C33H38F2O4. The first-order chi connectivity index (χ1) is 18.6. The highest BCUT2D eigenvalue weighted by Gasteiger charge is 2.28. The molecule has 1 atom stereocenters. The van der Waals surface area contributed by atoms with Crippen molar-refractivity contribution in [3.8, 4) is 22.6 Å². The summed E-state index contributed by atoms with van der Waals surface area (Å²) in [5, 5.41) is 9.31. The molecule has 0 radical (unpaired) electrons. The largest absolute Gasteiger partial charge is 0.497 e. The molecule has 4 rings (SSSR count). The van der Waals surface area contributed by atoms with Gasteiger partial charge in [0.1, 0.15) is 18.2 Å². The number of benzene rings is 3. The molecule has 3 aromatic carbocycles. The SMILES string of the molecule is CCCC(C)(C)Cc1cc(COc2ccc3c(c2F)C(CC(=O)O)CCC3)ccc1-c1cc(OC)ccc1F. The number of hydrogen-bond acceptors (Lipinski definition) is 3. The van der Waals surface area contributed by atoms with E-state index in [1.54, 1.807) is 25.3 Å². The molecule has 0 aliphatic heterocycles. The van der Waals surface area contributed by atoms with Gasteiger partial charge in [-0.1, -0.05) is 51.5 Å². The van der Waals surface area contributed by atoms with Crippen molar-refractivity contribution in [2.45, 2.75) is 78.2 Å². The van der Waals surface area contributed by atoms with E-state index < -0.39 is 11.8 Å². The van der Waals surface area contributed by atoms with Gasteiger partial charge in [0, 0.05) is 5.56 Å². The van der Waals surface area contributed by atoms with Gasteiger partial charge in [-0.25, -0.2) is 8.78 Å². The molecule has 1 unspecified atom stereocenters. The molecule has 1 N–H and O–H groups in total. The quantitative estimate of drug-likeness (QED) is 0.267. The zero-order valence-corrected chi connectivity index (χ0v) is 23.3. The van der Waals surface area contributed by atoms with Crippen LogP contribution in [0.5, 0.6) is 11.5 Å². The molecular weight excluding hydrogens is 498 g/mol. The van der Waals surface area contributed by atoms with Crippen molar-refractivity contribution in [1.82, 2.24) is 0 Å². The minimum Gasteiger partial charge on any atom is -0.497 e. The van der Waals surface area contributed by atoms with E-state index in [-0.39, 0.29) is 35.9 Å². The van der Waals surface area contributed by atoms with Crippen molar-refractivity contribution >= 4 is 5.97 Å². The monoisotopic (exact) mass is 536 g/mol. The van der Waals surface area contributed by atoms with Crippen molar-refractivity contribution < 1.29 is 28.2 Å². The number of carbonyl (C=O) groups is 1. The van der Waals surface area contributed by atoms with E-state index >= 15 is 4.39 Å². The lowest BCUT2D eigenvalue weighted by molar-refractivity contribution is -0.137. The van der Waals surface area contributed by atoms with Crippen LogP contribution in [0, 0.1) is 17.0 Å². The molecule has 6 heteroatoms. The highest BCUT2D eigenvalue weighted by atomic mass is 19.1. The van der Waals surface area contributed by atoms with Crippen molar-refractivity contribution in [1.29, 1.82) is 0 Å². The van der Waals surface area contributed by atoms with E-state index in [0.29, 0.717) is 23.3 Å². The summed E-state index contributed by atoms with van der Waals surface area (Å²) in [7, 11) is 1.56. The van der Waals surface area contributed by atoms with Gasteiger partial charge in [0.05, 0.1) is 13.5 Å².